The van der Waals surface area contributed by atoms with Gasteiger partial charge in [-0.2, -0.15) is 0 Å². The van der Waals surface area contributed by atoms with E-state index in [4.69, 9.17) is 9.47 Å². The molecule has 3 rings (SSSR count). The Hall–Kier alpha value is -2.06. The van der Waals surface area contributed by atoms with Gasteiger partial charge >= 0.3 is 0 Å². The maximum absolute atomic E-state index is 12.5. The van der Waals surface area contributed by atoms with Crippen molar-refractivity contribution in [1.29, 1.82) is 0 Å². The largest absolute Gasteiger partial charge is 0.370 e. The molecule has 0 radical (unpaired) electrons. The molecule has 130 valence electrons. The number of likely N-dealkylation sites (tertiary alicyclic amines) is 1. The Bertz CT molecular complexity index is 621. The molecule has 2 aliphatic heterocycles. The van der Waals surface area contributed by atoms with E-state index in [1.165, 1.54) is 6.20 Å². The van der Waals surface area contributed by atoms with Crippen molar-refractivity contribution < 1.29 is 19.1 Å². The second-order valence-electron chi connectivity index (χ2n) is 6.32. The van der Waals surface area contributed by atoms with Crippen LogP contribution in [-0.4, -0.2) is 71.7 Å². The van der Waals surface area contributed by atoms with Crippen LogP contribution in [0.2, 0.25) is 0 Å². The summed E-state index contributed by atoms with van der Waals surface area (Å²) >= 11 is 0. The van der Waals surface area contributed by atoms with E-state index in [0.29, 0.717) is 31.8 Å². The zero-order valence-electron chi connectivity index (χ0n) is 13.9. The third-order valence-corrected chi connectivity index (χ3v) is 4.51. The third kappa shape index (κ3) is 3.54. The number of hydrogen-bond donors (Lipinski definition) is 1. The fourth-order valence-electron chi connectivity index (χ4n) is 3.14. The number of carbonyl (C=O) groups excluding carboxylic acids is 2. The van der Waals surface area contributed by atoms with Gasteiger partial charge < -0.3 is 19.7 Å². The van der Waals surface area contributed by atoms with E-state index in [2.05, 4.69) is 15.3 Å². The highest BCUT2D eigenvalue weighted by Gasteiger charge is 2.47. The first-order valence-electron chi connectivity index (χ1n) is 8.05. The molecular weight excluding hydrogens is 312 g/mol. The Morgan fingerprint density at radius 2 is 2.29 bits per heavy atom. The van der Waals surface area contributed by atoms with Crippen LogP contribution in [0.25, 0.3) is 0 Å². The first-order valence-corrected chi connectivity index (χ1v) is 8.05. The molecule has 0 saturated carbocycles. The maximum atomic E-state index is 12.5. The molecule has 0 aromatic carbocycles. The molecule has 1 spiro atoms. The first kappa shape index (κ1) is 16.8. The predicted octanol–water partition coefficient (Wildman–Crippen LogP) is -0.0788. The van der Waals surface area contributed by atoms with Crippen LogP contribution in [0.5, 0.6) is 0 Å². The molecule has 2 atom stereocenters. The van der Waals surface area contributed by atoms with Crippen LogP contribution < -0.4 is 5.32 Å². The van der Waals surface area contributed by atoms with Crippen molar-refractivity contribution in [2.45, 2.75) is 31.5 Å². The molecule has 2 saturated heterocycles. The Labute approximate surface area is 140 Å². The van der Waals surface area contributed by atoms with Gasteiger partial charge in [0.1, 0.15) is 12.3 Å². The van der Waals surface area contributed by atoms with Gasteiger partial charge in [-0.05, 0) is 13.3 Å². The van der Waals surface area contributed by atoms with Gasteiger partial charge in [0, 0.05) is 26.2 Å². The molecule has 1 aromatic rings. The van der Waals surface area contributed by atoms with Crippen LogP contribution >= 0.6 is 0 Å². The van der Waals surface area contributed by atoms with E-state index in [1.54, 1.807) is 18.1 Å². The van der Waals surface area contributed by atoms with Gasteiger partial charge in [-0.3, -0.25) is 14.6 Å². The summed E-state index contributed by atoms with van der Waals surface area (Å²) < 4.78 is 11.5. The SMILES string of the molecule is CNC(=O)CO[C@@H]1CO[C@@]2(CCN(C(=O)c3cnc(C)cn3)C2)C1. The van der Waals surface area contributed by atoms with Crippen LogP contribution in [0.1, 0.15) is 29.0 Å². The number of aryl methyl sites for hydroxylation is 1. The van der Waals surface area contributed by atoms with Crippen molar-refractivity contribution in [3.8, 4) is 0 Å². The Morgan fingerprint density at radius 3 is 3.00 bits per heavy atom. The molecule has 1 aromatic heterocycles. The number of nitrogens with one attached hydrogen (secondary N) is 1. The average molecular weight is 334 g/mol. The van der Waals surface area contributed by atoms with Gasteiger partial charge in [0.25, 0.3) is 5.91 Å². The van der Waals surface area contributed by atoms with Crippen molar-refractivity contribution in [3.63, 3.8) is 0 Å². The minimum atomic E-state index is -0.374. The summed E-state index contributed by atoms with van der Waals surface area (Å²) in [6.45, 7) is 3.45. The molecular formula is C16H22N4O4. The number of aromatic nitrogens is 2. The minimum absolute atomic E-state index is 0.0300. The molecule has 2 fully saturated rings. The number of amides is 2. The lowest BCUT2D eigenvalue weighted by molar-refractivity contribution is -0.127. The quantitative estimate of drug-likeness (QED) is 0.828. The molecule has 2 amide bonds. The van der Waals surface area contributed by atoms with Gasteiger partial charge in [-0.25, -0.2) is 4.98 Å². The summed E-state index contributed by atoms with van der Waals surface area (Å²) in [4.78, 5) is 33.8. The number of hydrogen-bond acceptors (Lipinski definition) is 6. The Morgan fingerprint density at radius 1 is 1.46 bits per heavy atom. The fourth-order valence-corrected chi connectivity index (χ4v) is 3.14. The number of rotatable bonds is 4. The zero-order valence-corrected chi connectivity index (χ0v) is 13.9. The Balaban J connectivity index is 1.56. The summed E-state index contributed by atoms with van der Waals surface area (Å²) in [5.41, 5.74) is 0.754. The highest BCUT2D eigenvalue weighted by Crippen LogP contribution is 2.36. The van der Waals surface area contributed by atoms with E-state index in [0.717, 1.165) is 12.1 Å². The van der Waals surface area contributed by atoms with Crippen LogP contribution in [0.4, 0.5) is 0 Å². The molecule has 2 aliphatic rings. The average Bonchev–Trinajstić information content (AvgIpc) is 3.20. The third-order valence-electron chi connectivity index (χ3n) is 4.51. The summed E-state index contributed by atoms with van der Waals surface area (Å²) in [6, 6.07) is 0. The molecule has 24 heavy (non-hydrogen) atoms. The van der Waals surface area contributed by atoms with E-state index in [-0.39, 0.29) is 30.1 Å². The number of nitrogens with zero attached hydrogens (tertiary/aromatic N) is 3. The highest BCUT2D eigenvalue weighted by molar-refractivity contribution is 5.92. The van der Waals surface area contributed by atoms with Crippen molar-refractivity contribution >= 4 is 11.8 Å². The van der Waals surface area contributed by atoms with Crippen molar-refractivity contribution in [2.24, 2.45) is 0 Å². The minimum Gasteiger partial charge on any atom is -0.370 e. The molecule has 0 aliphatic carbocycles. The monoisotopic (exact) mass is 334 g/mol. The van der Waals surface area contributed by atoms with Crippen LogP contribution in [-0.2, 0) is 14.3 Å². The van der Waals surface area contributed by atoms with Gasteiger partial charge in [0.2, 0.25) is 5.91 Å². The summed E-state index contributed by atoms with van der Waals surface area (Å²) in [5, 5.41) is 2.52. The molecule has 1 N–H and O–H groups in total. The number of likely N-dealkylation sites (N-methyl/N-ethyl adjacent to an activating group) is 1. The second kappa shape index (κ2) is 6.82. The molecule has 8 nitrogen and oxygen atoms in total. The zero-order chi connectivity index (χ0) is 17.2. The van der Waals surface area contributed by atoms with E-state index in [9.17, 15) is 9.59 Å². The topological polar surface area (TPSA) is 93.7 Å². The van der Waals surface area contributed by atoms with Crippen LogP contribution in [0.3, 0.4) is 0 Å². The van der Waals surface area contributed by atoms with Gasteiger partial charge in [-0.1, -0.05) is 0 Å². The van der Waals surface area contributed by atoms with Crippen molar-refractivity contribution in [3.05, 3.63) is 23.8 Å². The predicted molar refractivity (Wildman–Crippen MR) is 84.4 cm³/mol. The summed E-state index contributed by atoms with van der Waals surface area (Å²) in [5.74, 6) is -0.283. The lowest BCUT2D eigenvalue weighted by Crippen LogP contribution is -2.36. The number of ether oxygens (including phenoxy) is 2. The van der Waals surface area contributed by atoms with E-state index in [1.807, 2.05) is 6.92 Å². The Kier molecular flexibility index (Phi) is 4.77. The molecule has 0 bridgehead atoms. The fraction of sp³-hybridized carbons (Fsp3) is 0.625. The lowest BCUT2D eigenvalue weighted by Gasteiger charge is -2.23. The van der Waals surface area contributed by atoms with Crippen molar-refractivity contribution in [2.75, 3.05) is 33.4 Å². The maximum Gasteiger partial charge on any atom is 0.274 e. The summed E-state index contributed by atoms with van der Waals surface area (Å²) in [7, 11) is 1.58. The van der Waals surface area contributed by atoms with Crippen LogP contribution in [0, 0.1) is 6.92 Å². The van der Waals surface area contributed by atoms with Gasteiger partial charge in [-0.15, -0.1) is 0 Å². The highest BCUT2D eigenvalue weighted by atomic mass is 16.6. The molecule has 0 unspecified atom stereocenters. The number of carbonyl (C=O) groups is 2. The molecule has 3 heterocycles. The standard InChI is InChI=1S/C16H22N4O4/c1-11-6-19-13(7-18-11)15(22)20-4-3-16(10-20)5-12(8-24-16)23-9-14(21)17-2/h6-7,12H,3-5,8-10H2,1-2H3,(H,17,21)/t12-,16-/m0/s1. The second-order valence-corrected chi connectivity index (χ2v) is 6.32. The first-order chi connectivity index (χ1) is 11.5. The van der Waals surface area contributed by atoms with Gasteiger partial charge in [0.05, 0.1) is 36.7 Å². The smallest absolute Gasteiger partial charge is 0.274 e. The lowest BCUT2D eigenvalue weighted by atomic mass is 9.98. The van der Waals surface area contributed by atoms with E-state index >= 15 is 0 Å². The normalized spacial score (nSPS) is 26.1. The molecule has 8 heteroatoms. The van der Waals surface area contributed by atoms with Crippen molar-refractivity contribution in [1.82, 2.24) is 20.2 Å². The van der Waals surface area contributed by atoms with Gasteiger partial charge in [0.15, 0.2) is 0 Å². The van der Waals surface area contributed by atoms with E-state index < -0.39 is 0 Å². The summed E-state index contributed by atoms with van der Waals surface area (Å²) in [6.07, 6.45) is 4.43. The van der Waals surface area contributed by atoms with Crippen LogP contribution in [0.15, 0.2) is 12.4 Å².